The first-order chi connectivity index (χ1) is 7.22. The third kappa shape index (κ3) is 2.16. The number of nitrogens with zero attached hydrogens (tertiary/aromatic N) is 1. The minimum absolute atomic E-state index is 0.0967. The second-order valence-electron chi connectivity index (χ2n) is 4.66. The highest BCUT2D eigenvalue weighted by atomic mass is 16.5. The van der Waals surface area contributed by atoms with Gasteiger partial charge >= 0.3 is 0 Å². The summed E-state index contributed by atoms with van der Waals surface area (Å²) in [5.41, 5.74) is 5.84. The van der Waals surface area contributed by atoms with Gasteiger partial charge in [0.2, 0.25) is 5.91 Å². The molecule has 2 rings (SSSR count). The quantitative estimate of drug-likeness (QED) is 0.712. The molecule has 0 aliphatic carbocycles. The van der Waals surface area contributed by atoms with E-state index >= 15 is 0 Å². The maximum absolute atomic E-state index is 12.1. The molecule has 0 aromatic heterocycles. The van der Waals surface area contributed by atoms with E-state index in [4.69, 9.17) is 10.5 Å². The van der Waals surface area contributed by atoms with Crippen LogP contribution in [-0.4, -0.2) is 43.2 Å². The molecule has 3 unspecified atom stereocenters. The van der Waals surface area contributed by atoms with Gasteiger partial charge < -0.3 is 15.4 Å². The molecule has 2 saturated heterocycles. The predicted octanol–water partition coefficient (Wildman–Crippen LogP) is 0.219. The predicted molar refractivity (Wildman–Crippen MR) is 57.3 cm³/mol. The minimum atomic E-state index is -0.0989. The normalized spacial score (nSPS) is 36.1. The van der Waals surface area contributed by atoms with Crippen LogP contribution in [0.25, 0.3) is 0 Å². The van der Waals surface area contributed by atoms with Gasteiger partial charge in [0.1, 0.15) is 0 Å². The smallest absolute Gasteiger partial charge is 0.229 e. The molecule has 0 aromatic carbocycles. The zero-order valence-corrected chi connectivity index (χ0v) is 9.32. The zero-order valence-electron chi connectivity index (χ0n) is 9.32. The highest BCUT2D eigenvalue weighted by molar-refractivity contribution is 5.80. The number of amides is 1. The van der Waals surface area contributed by atoms with E-state index in [9.17, 15) is 4.79 Å². The van der Waals surface area contributed by atoms with E-state index in [-0.39, 0.29) is 17.9 Å². The number of hydrogen-bond donors (Lipinski definition) is 1. The summed E-state index contributed by atoms with van der Waals surface area (Å²) in [7, 11) is 0. The molecule has 1 amide bonds. The summed E-state index contributed by atoms with van der Waals surface area (Å²) in [6.07, 6.45) is 2.31. The Bertz CT molecular complexity index is 245. The zero-order chi connectivity index (χ0) is 10.8. The van der Waals surface area contributed by atoms with E-state index < -0.39 is 0 Å². The lowest BCUT2D eigenvalue weighted by atomic mass is 10.0. The number of hydrogen-bond acceptors (Lipinski definition) is 3. The summed E-state index contributed by atoms with van der Waals surface area (Å²) in [5.74, 6) is 0.795. The molecule has 2 aliphatic heterocycles. The summed E-state index contributed by atoms with van der Waals surface area (Å²) < 4.78 is 5.23. The van der Waals surface area contributed by atoms with Gasteiger partial charge in [-0.05, 0) is 12.3 Å². The monoisotopic (exact) mass is 212 g/mol. The van der Waals surface area contributed by atoms with Crippen LogP contribution in [0.5, 0.6) is 0 Å². The molecule has 0 aromatic rings. The van der Waals surface area contributed by atoms with Crippen LogP contribution in [-0.2, 0) is 9.53 Å². The van der Waals surface area contributed by atoms with Crippen molar-refractivity contribution in [3.8, 4) is 0 Å². The molecular weight excluding hydrogens is 192 g/mol. The molecule has 4 nitrogen and oxygen atoms in total. The lowest BCUT2D eigenvalue weighted by molar-refractivity contribution is -0.134. The van der Waals surface area contributed by atoms with Crippen LogP contribution >= 0.6 is 0 Å². The van der Waals surface area contributed by atoms with Crippen molar-refractivity contribution in [1.82, 2.24) is 4.90 Å². The van der Waals surface area contributed by atoms with Crippen molar-refractivity contribution < 1.29 is 9.53 Å². The first kappa shape index (κ1) is 10.9. The lowest BCUT2D eigenvalue weighted by Gasteiger charge is -2.21. The van der Waals surface area contributed by atoms with E-state index in [1.54, 1.807) is 0 Å². The maximum Gasteiger partial charge on any atom is 0.229 e. The molecule has 0 bridgehead atoms. The fourth-order valence-corrected chi connectivity index (χ4v) is 2.43. The summed E-state index contributed by atoms with van der Waals surface area (Å²) in [5, 5.41) is 0. The molecule has 3 atom stereocenters. The lowest BCUT2D eigenvalue weighted by Crippen LogP contribution is -2.42. The number of rotatable bonds is 2. The first-order valence-corrected chi connectivity index (χ1v) is 5.84. The molecule has 2 fully saturated rings. The third-order valence-corrected chi connectivity index (χ3v) is 3.62. The van der Waals surface area contributed by atoms with Gasteiger partial charge in [0.25, 0.3) is 0 Å². The summed E-state index contributed by atoms with van der Waals surface area (Å²) in [4.78, 5) is 14.1. The van der Waals surface area contributed by atoms with Gasteiger partial charge in [-0.15, -0.1) is 0 Å². The van der Waals surface area contributed by atoms with Gasteiger partial charge in [0, 0.05) is 19.1 Å². The summed E-state index contributed by atoms with van der Waals surface area (Å²) in [6.45, 7) is 5.04. The van der Waals surface area contributed by atoms with Crippen LogP contribution in [0.2, 0.25) is 0 Å². The molecular formula is C11H20N2O2. The van der Waals surface area contributed by atoms with Crippen LogP contribution in [0.1, 0.15) is 19.8 Å². The number of nitrogens with two attached hydrogens (primary N) is 1. The molecule has 0 spiro atoms. The summed E-state index contributed by atoms with van der Waals surface area (Å²) >= 11 is 0. The Balaban J connectivity index is 1.91. The van der Waals surface area contributed by atoms with Crippen molar-refractivity contribution in [2.75, 3.05) is 26.3 Å². The molecule has 15 heavy (non-hydrogen) atoms. The van der Waals surface area contributed by atoms with Gasteiger partial charge in [0.05, 0.1) is 19.1 Å². The standard InChI is InChI=1S/C11H20N2O2/c1-2-8-3-4-13(5-8)11(14)9-6-15-7-10(9)12/h8-10H,2-7,12H2,1H3. The Kier molecular flexibility index (Phi) is 3.26. The summed E-state index contributed by atoms with van der Waals surface area (Å²) in [6, 6.07) is -0.0989. The van der Waals surface area contributed by atoms with Crippen LogP contribution in [0.3, 0.4) is 0 Å². The highest BCUT2D eigenvalue weighted by Crippen LogP contribution is 2.23. The van der Waals surface area contributed by atoms with Crippen molar-refractivity contribution >= 4 is 5.91 Å². The Morgan fingerprint density at radius 2 is 2.33 bits per heavy atom. The Hall–Kier alpha value is -0.610. The number of carbonyl (C=O) groups excluding carboxylic acids is 1. The second kappa shape index (κ2) is 4.49. The van der Waals surface area contributed by atoms with E-state index in [1.165, 1.54) is 0 Å². The fraction of sp³-hybridized carbons (Fsp3) is 0.909. The van der Waals surface area contributed by atoms with Crippen molar-refractivity contribution in [2.45, 2.75) is 25.8 Å². The number of ether oxygens (including phenoxy) is 1. The molecule has 0 radical (unpaired) electrons. The molecule has 2 heterocycles. The van der Waals surface area contributed by atoms with E-state index in [0.29, 0.717) is 19.1 Å². The maximum atomic E-state index is 12.1. The molecule has 2 aliphatic rings. The molecule has 4 heteroatoms. The van der Waals surface area contributed by atoms with Crippen LogP contribution < -0.4 is 5.73 Å². The van der Waals surface area contributed by atoms with E-state index in [1.807, 2.05) is 4.90 Å². The van der Waals surface area contributed by atoms with E-state index in [2.05, 4.69) is 6.92 Å². The van der Waals surface area contributed by atoms with Gasteiger partial charge in [-0.3, -0.25) is 4.79 Å². The topological polar surface area (TPSA) is 55.6 Å². The Labute approximate surface area is 90.8 Å². The average Bonchev–Trinajstić information content (AvgIpc) is 2.84. The second-order valence-corrected chi connectivity index (χ2v) is 4.66. The number of carbonyl (C=O) groups is 1. The number of likely N-dealkylation sites (tertiary alicyclic amines) is 1. The Morgan fingerprint density at radius 3 is 2.87 bits per heavy atom. The minimum Gasteiger partial charge on any atom is -0.379 e. The molecule has 0 saturated carbocycles. The van der Waals surface area contributed by atoms with Crippen molar-refractivity contribution in [1.29, 1.82) is 0 Å². The van der Waals surface area contributed by atoms with Crippen molar-refractivity contribution in [2.24, 2.45) is 17.6 Å². The third-order valence-electron chi connectivity index (χ3n) is 3.62. The highest BCUT2D eigenvalue weighted by Gasteiger charge is 2.36. The SMILES string of the molecule is CCC1CCN(C(=O)C2COCC2N)C1. The van der Waals surface area contributed by atoms with Crippen LogP contribution in [0.15, 0.2) is 0 Å². The van der Waals surface area contributed by atoms with Gasteiger partial charge in [-0.1, -0.05) is 13.3 Å². The van der Waals surface area contributed by atoms with Crippen molar-refractivity contribution in [3.63, 3.8) is 0 Å². The van der Waals surface area contributed by atoms with Gasteiger partial charge in [-0.2, -0.15) is 0 Å². The molecule has 2 N–H and O–H groups in total. The van der Waals surface area contributed by atoms with Gasteiger partial charge in [-0.25, -0.2) is 0 Å². The average molecular weight is 212 g/mol. The largest absolute Gasteiger partial charge is 0.379 e. The van der Waals surface area contributed by atoms with E-state index in [0.717, 1.165) is 25.9 Å². The fourth-order valence-electron chi connectivity index (χ4n) is 2.43. The molecule has 86 valence electrons. The van der Waals surface area contributed by atoms with Gasteiger partial charge in [0.15, 0.2) is 0 Å². The Morgan fingerprint density at radius 1 is 1.53 bits per heavy atom. The van der Waals surface area contributed by atoms with Crippen LogP contribution in [0.4, 0.5) is 0 Å². The first-order valence-electron chi connectivity index (χ1n) is 5.84. The van der Waals surface area contributed by atoms with Crippen molar-refractivity contribution in [3.05, 3.63) is 0 Å². The van der Waals surface area contributed by atoms with Crippen LogP contribution in [0, 0.1) is 11.8 Å².